The Morgan fingerprint density at radius 1 is 1.71 bits per heavy atom. The van der Waals surface area contributed by atoms with Crippen molar-refractivity contribution in [3.8, 4) is 0 Å². The van der Waals surface area contributed by atoms with Crippen molar-refractivity contribution in [1.29, 1.82) is 0 Å². The van der Waals surface area contributed by atoms with Crippen molar-refractivity contribution in [3.05, 3.63) is 0 Å². The molecule has 0 aliphatic heterocycles. The van der Waals surface area contributed by atoms with Crippen LogP contribution in [0.25, 0.3) is 0 Å². The molecule has 0 aromatic heterocycles. The van der Waals surface area contributed by atoms with E-state index in [4.69, 9.17) is 0 Å². The van der Waals surface area contributed by atoms with Gasteiger partial charge in [-0.25, -0.2) is 0 Å². The summed E-state index contributed by atoms with van der Waals surface area (Å²) in [6.45, 7) is 3.84. The summed E-state index contributed by atoms with van der Waals surface area (Å²) in [5.74, 6) is 0.185. The lowest BCUT2D eigenvalue weighted by molar-refractivity contribution is 0.950. The molecular formula is C3H10BFS2. The monoisotopic (exact) mass is 140 g/mol. The van der Waals surface area contributed by atoms with E-state index in [2.05, 4.69) is 0 Å². The Balaban J connectivity index is 0. The highest BCUT2D eigenvalue weighted by atomic mass is 32.2. The van der Waals surface area contributed by atoms with E-state index in [9.17, 15) is 3.89 Å². The van der Waals surface area contributed by atoms with E-state index in [1.165, 1.54) is 0 Å². The fraction of sp³-hybridized carbons (Fsp3) is 1.00. The Morgan fingerprint density at radius 2 is 2.14 bits per heavy atom. The van der Waals surface area contributed by atoms with Gasteiger partial charge in [-0.05, 0) is 12.0 Å². The topological polar surface area (TPSA) is 0 Å². The van der Waals surface area contributed by atoms with Crippen LogP contribution in [0.4, 0.5) is 3.89 Å². The van der Waals surface area contributed by atoms with Crippen LogP contribution in [0.5, 0.6) is 0 Å². The van der Waals surface area contributed by atoms with E-state index < -0.39 is 0 Å². The molecule has 44 valence electrons. The first-order valence-corrected chi connectivity index (χ1v) is 2.86. The molecule has 0 unspecified atom stereocenters. The minimum Gasteiger partial charge on any atom is -0.197 e. The van der Waals surface area contributed by atoms with Gasteiger partial charge >= 0.3 is 0 Å². The normalized spacial score (nSPS) is 7.29. The molecule has 0 spiro atoms. The molecule has 0 heterocycles. The first-order valence-electron chi connectivity index (χ1n) is 2.08. The average molecular weight is 140 g/mol. The third-order valence-electron chi connectivity index (χ3n) is 0.727. The van der Waals surface area contributed by atoms with Crippen molar-refractivity contribution in [3.63, 3.8) is 0 Å². The molecule has 0 atom stereocenters. The molecule has 0 saturated heterocycles. The van der Waals surface area contributed by atoms with Crippen LogP contribution in [0.3, 0.4) is 0 Å². The third kappa shape index (κ3) is 6.69. The van der Waals surface area contributed by atoms with E-state index in [0.29, 0.717) is 12.0 Å². The second-order valence-electron chi connectivity index (χ2n) is 1.31. The Bertz CT molecular complexity index is 32.1. The van der Waals surface area contributed by atoms with E-state index in [1.807, 2.05) is 13.7 Å². The molecule has 0 radical (unpaired) electrons. The van der Waals surface area contributed by atoms with Gasteiger partial charge in [-0.15, -0.1) is 0 Å². The summed E-state index contributed by atoms with van der Waals surface area (Å²) in [4.78, 5) is 0. The van der Waals surface area contributed by atoms with Crippen LogP contribution in [-0.2, 0) is 0 Å². The zero-order valence-corrected chi connectivity index (χ0v) is 6.39. The van der Waals surface area contributed by atoms with Crippen LogP contribution in [0.15, 0.2) is 0 Å². The average Bonchev–Trinajstić information content (AvgIpc) is 1.65. The lowest BCUT2D eigenvalue weighted by Crippen LogP contribution is -1.92. The predicted octanol–water partition coefficient (Wildman–Crippen LogP) is 2.36. The second-order valence-corrected chi connectivity index (χ2v) is 2.29. The van der Waals surface area contributed by atoms with Gasteiger partial charge in [-0.2, -0.15) is 17.4 Å². The molecule has 0 bridgehead atoms. The molecule has 0 rings (SSSR count). The van der Waals surface area contributed by atoms with Crippen molar-refractivity contribution in [2.75, 3.05) is 0 Å². The molecule has 4 heteroatoms. The van der Waals surface area contributed by atoms with Crippen LogP contribution in [0.2, 0.25) is 13.1 Å². The Hall–Kier alpha value is 0.695. The summed E-state index contributed by atoms with van der Waals surface area (Å²) >= 11 is 0.425. The van der Waals surface area contributed by atoms with Gasteiger partial charge in [0.1, 0.15) is 0 Å². The molecule has 0 aliphatic carbocycles. The summed E-state index contributed by atoms with van der Waals surface area (Å²) in [7, 11) is 0. The molecule has 0 amide bonds. The van der Waals surface area contributed by atoms with Gasteiger partial charge in [0.15, 0.2) is 0 Å². The molecule has 7 heavy (non-hydrogen) atoms. The quantitative estimate of drug-likeness (QED) is 0.530. The largest absolute Gasteiger partial charge is 0.250 e. The smallest absolute Gasteiger partial charge is 0.197 e. The molecule has 0 saturated carbocycles. The molecule has 0 N–H and O–H groups in total. The van der Waals surface area contributed by atoms with E-state index in [0.717, 1.165) is 6.32 Å². The van der Waals surface area contributed by atoms with Gasteiger partial charge in [0.05, 0.1) is 0 Å². The molecule has 0 aliphatic rings. The minimum atomic E-state index is 0. The van der Waals surface area contributed by atoms with Gasteiger partial charge in [-0.1, -0.05) is 20.1 Å². The van der Waals surface area contributed by atoms with E-state index in [1.54, 1.807) is 0 Å². The number of halogens is 1. The third-order valence-corrected chi connectivity index (χ3v) is 1.36. The lowest BCUT2D eigenvalue weighted by atomic mass is 9.77. The number of rotatable bonds is 2. The summed E-state index contributed by atoms with van der Waals surface area (Å²) in [5, 5.41) is 0. The Morgan fingerprint density at radius 3 is 2.14 bits per heavy atom. The van der Waals surface area contributed by atoms with Gasteiger partial charge < -0.3 is 0 Å². The van der Waals surface area contributed by atoms with Gasteiger partial charge in [0, 0.05) is 0 Å². The highest BCUT2D eigenvalue weighted by Crippen LogP contribution is 2.09. The molecule has 0 fully saturated rings. The minimum absolute atomic E-state index is 0. The first-order chi connectivity index (χ1) is 2.81. The predicted molar refractivity (Wildman–Crippen MR) is 41.2 cm³/mol. The highest BCUT2D eigenvalue weighted by Gasteiger charge is 2.01. The fourth-order valence-corrected chi connectivity index (χ4v) is 0.189. The van der Waals surface area contributed by atoms with Gasteiger partial charge in [0.25, 0.3) is 0 Å². The second kappa shape index (κ2) is 6.69. The Labute approximate surface area is 56.0 Å². The number of hydrogen-bond acceptors (Lipinski definition) is 1. The lowest BCUT2D eigenvalue weighted by Gasteiger charge is -1.88. The first kappa shape index (κ1) is 10.6. The zero-order valence-electron chi connectivity index (χ0n) is 4.57. The molecule has 0 aromatic carbocycles. The molecular weight excluding hydrogens is 130 g/mol. The van der Waals surface area contributed by atoms with Crippen LogP contribution >= 0.6 is 25.5 Å². The van der Waals surface area contributed by atoms with Gasteiger partial charge in [-0.3, -0.25) is 0 Å². The van der Waals surface area contributed by atoms with Crippen molar-refractivity contribution in [1.82, 2.24) is 0 Å². The van der Waals surface area contributed by atoms with Crippen LogP contribution in [-0.4, -0.2) is 5.99 Å². The van der Waals surface area contributed by atoms with Crippen molar-refractivity contribution < 1.29 is 3.89 Å². The van der Waals surface area contributed by atoms with Gasteiger partial charge in [0.2, 0.25) is 5.99 Å². The summed E-state index contributed by atoms with van der Waals surface area (Å²) in [5.41, 5.74) is 0. The van der Waals surface area contributed by atoms with Crippen LogP contribution in [0, 0.1) is 0 Å². The highest BCUT2D eigenvalue weighted by molar-refractivity contribution is 8.21. The number of hydrogen-bond donors (Lipinski definition) is 0. The van der Waals surface area contributed by atoms with E-state index in [-0.39, 0.29) is 19.5 Å². The van der Waals surface area contributed by atoms with Crippen molar-refractivity contribution >= 4 is 31.5 Å². The maximum atomic E-state index is 11.3. The standard InChI is InChI=1S/C3H8BFS.H2S/c1-3-4(2)6-5;/h3H2,1-2H3;1H2. The van der Waals surface area contributed by atoms with Crippen LogP contribution in [0.1, 0.15) is 6.92 Å². The maximum absolute atomic E-state index is 11.3. The van der Waals surface area contributed by atoms with Crippen LogP contribution < -0.4 is 0 Å². The SMILES string of the molecule is CCB(C)SF.S. The van der Waals surface area contributed by atoms with E-state index >= 15 is 0 Å². The molecule has 0 nitrogen and oxygen atoms in total. The summed E-state index contributed by atoms with van der Waals surface area (Å²) < 4.78 is 11.3. The zero-order chi connectivity index (χ0) is 4.99. The van der Waals surface area contributed by atoms with Crippen molar-refractivity contribution in [2.24, 2.45) is 0 Å². The Kier molecular flexibility index (Phi) is 10.2. The van der Waals surface area contributed by atoms with Crippen molar-refractivity contribution in [2.45, 2.75) is 20.1 Å². The summed E-state index contributed by atoms with van der Waals surface area (Å²) in [6, 6.07) is 0. The molecule has 0 aromatic rings. The maximum Gasteiger partial charge on any atom is 0.250 e. The summed E-state index contributed by atoms with van der Waals surface area (Å²) in [6.07, 6.45) is 0.918. The fourth-order valence-electron chi connectivity index (χ4n) is 0.0630.